The molecule has 1 unspecified atom stereocenters. The van der Waals surface area contributed by atoms with Crippen LogP contribution in [0.15, 0.2) is 65.4 Å². The summed E-state index contributed by atoms with van der Waals surface area (Å²) in [5.41, 5.74) is 2.15. The third kappa shape index (κ3) is 5.78. The Hall–Kier alpha value is -3.62. The number of methoxy groups -OCH3 is 1. The van der Waals surface area contributed by atoms with Crippen LogP contribution in [0.1, 0.15) is 25.3 Å². The summed E-state index contributed by atoms with van der Waals surface area (Å²) in [6.45, 7) is 2.79. The summed E-state index contributed by atoms with van der Waals surface area (Å²) in [6, 6.07) is 13.7. The Labute approximate surface area is 214 Å². The molecule has 9 heteroatoms. The number of benzene rings is 2. The minimum Gasteiger partial charge on any atom is -0.484 e. The smallest absolute Gasteiger partial charge is 0.340 e. The van der Waals surface area contributed by atoms with E-state index in [1.165, 1.54) is 12.0 Å². The maximum atomic E-state index is 13.3. The molecule has 1 atom stereocenters. The third-order valence-electron chi connectivity index (χ3n) is 5.99. The molecular weight excluding hydrogens is 484 g/mol. The van der Waals surface area contributed by atoms with E-state index in [9.17, 15) is 14.4 Å². The zero-order valence-electron chi connectivity index (χ0n) is 20.1. The summed E-state index contributed by atoms with van der Waals surface area (Å²) in [4.78, 5) is 39.4. The summed E-state index contributed by atoms with van der Waals surface area (Å²) in [6.07, 6.45) is 3.67. The summed E-state index contributed by atoms with van der Waals surface area (Å²) in [5, 5.41) is 3.35. The monoisotopic (exact) mass is 510 g/mol. The Morgan fingerprint density at radius 3 is 2.53 bits per heavy atom. The molecule has 36 heavy (non-hydrogen) atoms. The van der Waals surface area contributed by atoms with E-state index < -0.39 is 5.97 Å². The second-order valence-corrected chi connectivity index (χ2v) is 8.86. The number of nitrogens with zero attached hydrogens (tertiary/aromatic N) is 1. The van der Waals surface area contributed by atoms with E-state index in [0.717, 1.165) is 19.4 Å². The fourth-order valence-electron chi connectivity index (χ4n) is 4.14. The molecule has 0 aliphatic carbocycles. The Kier molecular flexibility index (Phi) is 8.07. The van der Waals surface area contributed by atoms with Crippen molar-refractivity contribution in [3.63, 3.8) is 0 Å². The van der Waals surface area contributed by atoms with Crippen molar-refractivity contribution in [2.75, 3.05) is 31.8 Å². The van der Waals surface area contributed by atoms with E-state index in [4.69, 9.17) is 25.8 Å². The highest BCUT2D eigenvalue weighted by Crippen LogP contribution is 2.36. The maximum Gasteiger partial charge on any atom is 0.340 e. The average Bonchev–Trinajstić information content (AvgIpc) is 3.49. The molecule has 2 aromatic carbocycles. The highest BCUT2D eigenvalue weighted by Gasteiger charge is 2.37. The van der Waals surface area contributed by atoms with Crippen LogP contribution >= 0.6 is 11.6 Å². The predicted octanol–water partition coefficient (Wildman–Crippen LogP) is 3.89. The van der Waals surface area contributed by atoms with Crippen LogP contribution in [0.25, 0.3) is 6.08 Å². The molecule has 0 radical (unpaired) electrons. The molecule has 2 heterocycles. The van der Waals surface area contributed by atoms with Crippen LogP contribution in [-0.2, 0) is 23.9 Å². The molecule has 0 aromatic heterocycles. The lowest BCUT2D eigenvalue weighted by Crippen LogP contribution is -2.35. The Balaban J connectivity index is 1.46. The van der Waals surface area contributed by atoms with E-state index in [1.807, 2.05) is 0 Å². The van der Waals surface area contributed by atoms with Crippen molar-refractivity contribution in [2.45, 2.75) is 25.9 Å². The van der Waals surface area contributed by atoms with Crippen LogP contribution in [0.2, 0.25) is 5.02 Å². The van der Waals surface area contributed by atoms with Crippen molar-refractivity contribution < 1.29 is 28.6 Å². The Bertz CT molecular complexity index is 1200. The Morgan fingerprint density at radius 2 is 1.89 bits per heavy atom. The van der Waals surface area contributed by atoms with Gasteiger partial charge in [-0.3, -0.25) is 14.5 Å². The standard InChI is InChI=1S/C27H27ClN2O6/c1-17-25(27(33)34-2)23(26(32)30(17)20-9-7-19(28)8-10-20)14-18-5-11-21(12-6-18)36-16-24(31)29-15-22-4-3-13-35-22/h5-12,14,22H,3-4,13,15-16H2,1-2H3,(H,29,31)/b23-14-. The number of amides is 2. The summed E-state index contributed by atoms with van der Waals surface area (Å²) >= 11 is 5.99. The van der Waals surface area contributed by atoms with Crippen molar-refractivity contribution in [1.82, 2.24) is 5.32 Å². The van der Waals surface area contributed by atoms with Gasteiger partial charge in [0.1, 0.15) is 5.75 Å². The molecule has 2 aromatic rings. The molecule has 188 valence electrons. The summed E-state index contributed by atoms with van der Waals surface area (Å²) in [7, 11) is 1.28. The highest BCUT2D eigenvalue weighted by atomic mass is 35.5. The molecule has 2 aliphatic rings. The fourth-order valence-corrected chi connectivity index (χ4v) is 4.27. The van der Waals surface area contributed by atoms with Gasteiger partial charge in [0.25, 0.3) is 11.8 Å². The van der Waals surface area contributed by atoms with Gasteiger partial charge in [0, 0.05) is 29.6 Å². The van der Waals surface area contributed by atoms with Crippen molar-refractivity contribution in [3.8, 4) is 5.75 Å². The van der Waals surface area contributed by atoms with Gasteiger partial charge >= 0.3 is 5.97 Å². The van der Waals surface area contributed by atoms with E-state index in [0.29, 0.717) is 34.3 Å². The number of anilines is 1. The van der Waals surface area contributed by atoms with Gasteiger partial charge in [-0.1, -0.05) is 23.7 Å². The number of halogens is 1. The average molecular weight is 511 g/mol. The van der Waals surface area contributed by atoms with Gasteiger partial charge in [-0.05, 0) is 67.8 Å². The van der Waals surface area contributed by atoms with Gasteiger partial charge < -0.3 is 19.5 Å². The van der Waals surface area contributed by atoms with Crippen molar-refractivity contribution in [1.29, 1.82) is 0 Å². The van der Waals surface area contributed by atoms with Crippen LogP contribution in [0.3, 0.4) is 0 Å². The van der Waals surface area contributed by atoms with Crippen LogP contribution in [0.5, 0.6) is 5.75 Å². The Morgan fingerprint density at radius 1 is 1.17 bits per heavy atom. The van der Waals surface area contributed by atoms with Crippen molar-refractivity contribution in [2.24, 2.45) is 0 Å². The van der Waals surface area contributed by atoms with Gasteiger partial charge in [0.2, 0.25) is 0 Å². The zero-order chi connectivity index (χ0) is 25.7. The molecule has 2 amide bonds. The largest absolute Gasteiger partial charge is 0.484 e. The molecule has 2 aliphatic heterocycles. The minimum atomic E-state index is -0.600. The number of carbonyl (C=O) groups excluding carboxylic acids is 3. The summed E-state index contributed by atoms with van der Waals surface area (Å²) in [5.74, 6) is -0.667. The van der Waals surface area contributed by atoms with Crippen molar-refractivity contribution in [3.05, 3.63) is 76.0 Å². The first kappa shape index (κ1) is 25.5. The van der Waals surface area contributed by atoms with E-state index in [1.54, 1.807) is 61.5 Å². The van der Waals surface area contributed by atoms with Crippen LogP contribution in [0, 0.1) is 0 Å². The quantitative estimate of drug-likeness (QED) is 0.428. The molecule has 1 fully saturated rings. The summed E-state index contributed by atoms with van der Waals surface area (Å²) < 4.78 is 16.0. The molecule has 4 rings (SSSR count). The normalized spacial score (nSPS) is 18.6. The molecule has 0 saturated carbocycles. The number of esters is 1. The number of allylic oxidation sites excluding steroid dienone is 1. The lowest BCUT2D eigenvalue weighted by atomic mass is 10.0. The number of rotatable bonds is 8. The lowest BCUT2D eigenvalue weighted by molar-refractivity contribution is -0.136. The molecule has 1 N–H and O–H groups in total. The number of carbonyl (C=O) groups is 3. The molecule has 1 saturated heterocycles. The molecule has 0 bridgehead atoms. The molecule has 8 nitrogen and oxygen atoms in total. The van der Waals surface area contributed by atoms with E-state index in [-0.39, 0.29) is 35.7 Å². The second-order valence-electron chi connectivity index (χ2n) is 8.42. The maximum absolute atomic E-state index is 13.3. The van der Waals surface area contributed by atoms with Crippen LogP contribution in [-0.4, -0.2) is 50.8 Å². The number of hydrogen-bond acceptors (Lipinski definition) is 6. The number of nitrogens with one attached hydrogen (secondary N) is 1. The first-order chi connectivity index (χ1) is 17.4. The van der Waals surface area contributed by atoms with Gasteiger partial charge in [0.15, 0.2) is 6.61 Å². The first-order valence-electron chi connectivity index (χ1n) is 11.6. The van der Waals surface area contributed by atoms with Gasteiger partial charge in [0.05, 0.1) is 24.4 Å². The van der Waals surface area contributed by atoms with Crippen LogP contribution in [0.4, 0.5) is 5.69 Å². The fraction of sp³-hybridized carbons (Fsp3) is 0.296. The SMILES string of the molecule is COC(=O)C1=C(C)N(c2ccc(Cl)cc2)C(=O)/C1=C\c1ccc(OCC(=O)NCC2CCCO2)cc1. The van der Waals surface area contributed by atoms with Gasteiger partial charge in [-0.2, -0.15) is 0 Å². The van der Waals surface area contributed by atoms with E-state index >= 15 is 0 Å². The van der Waals surface area contributed by atoms with Crippen LogP contribution < -0.4 is 15.0 Å². The lowest BCUT2D eigenvalue weighted by Gasteiger charge is -2.17. The number of ether oxygens (including phenoxy) is 3. The molecule has 0 spiro atoms. The highest BCUT2D eigenvalue weighted by molar-refractivity contribution is 6.30. The predicted molar refractivity (Wildman–Crippen MR) is 136 cm³/mol. The van der Waals surface area contributed by atoms with Crippen molar-refractivity contribution >= 4 is 41.1 Å². The molecular formula is C27H27ClN2O6. The first-order valence-corrected chi connectivity index (χ1v) is 12.0. The van der Waals surface area contributed by atoms with Gasteiger partial charge in [-0.15, -0.1) is 0 Å². The van der Waals surface area contributed by atoms with Gasteiger partial charge in [-0.25, -0.2) is 4.79 Å². The topological polar surface area (TPSA) is 94.2 Å². The van der Waals surface area contributed by atoms with E-state index in [2.05, 4.69) is 5.32 Å². The zero-order valence-corrected chi connectivity index (χ0v) is 20.8. The second kappa shape index (κ2) is 11.4. The third-order valence-corrected chi connectivity index (χ3v) is 6.24. The minimum absolute atomic E-state index is 0.0720. The number of hydrogen-bond donors (Lipinski definition) is 1.